The molecule has 0 aromatic carbocycles. The van der Waals surface area contributed by atoms with Crippen LogP contribution in [0.25, 0.3) is 0 Å². The number of aliphatic hydroxyl groups excluding tert-OH is 2. The molecule has 2 N–H and O–H groups in total. The lowest BCUT2D eigenvalue weighted by atomic mass is 9.89. The number of carbonyl (C=O) groups is 1. The highest BCUT2D eigenvalue weighted by molar-refractivity contribution is 5.68. The molecule has 1 heterocycles. The van der Waals surface area contributed by atoms with Crippen molar-refractivity contribution in [3.05, 3.63) is 12.2 Å². The largest absolute Gasteiger partial charge is 0.469 e. The maximum atomic E-state index is 11.1. The minimum Gasteiger partial charge on any atom is -0.469 e. The summed E-state index contributed by atoms with van der Waals surface area (Å²) >= 11 is 0. The summed E-state index contributed by atoms with van der Waals surface area (Å²) < 4.78 is 10.8. The summed E-state index contributed by atoms with van der Waals surface area (Å²) in [6.07, 6.45) is 12.4. The Labute approximate surface area is 157 Å². The molecular weight excluding hydrogens is 332 g/mol. The highest BCUT2D eigenvalue weighted by Gasteiger charge is 2.47. The van der Waals surface area contributed by atoms with Crippen LogP contribution in [0, 0.1) is 11.8 Å². The van der Waals surface area contributed by atoms with Gasteiger partial charge in [0.25, 0.3) is 0 Å². The molecule has 0 spiro atoms. The molecule has 1 saturated carbocycles. The zero-order valence-electron chi connectivity index (χ0n) is 16.3. The van der Waals surface area contributed by atoms with Gasteiger partial charge < -0.3 is 19.7 Å². The second-order valence-corrected chi connectivity index (χ2v) is 7.85. The van der Waals surface area contributed by atoms with Gasteiger partial charge in [-0.2, -0.15) is 0 Å². The van der Waals surface area contributed by atoms with Crippen LogP contribution in [-0.4, -0.2) is 47.7 Å². The van der Waals surface area contributed by atoms with Gasteiger partial charge in [0.05, 0.1) is 31.5 Å². The molecule has 26 heavy (non-hydrogen) atoms. The first-order valence-corrected chi connectivity index (χ1v) is 10.3. The molecule has 0 aromatic rings. The highest BCUT2D eigenvalue weighted by Crippen LogP contribution is 2.45. The lowest BCUT2D eigenvalue weighted by Gasteiger charge is -2.18. The Bertz CT molecular complexity index is 450. The van der Waals surface area contributed by atoms with E-state index in [-0.39, 0.29) is 30.2 Å². The van der Waals surface area contributed by atoms with Crippen LogP contribution in [0.5, 0.6) is 0 Å². The van der Waals surface area contributed by atoms with Crippen LogP contribution in [-0.2, 0) is 14.3 Å². The summed E-state index contributed by atoms with van der Waals surface area (Å²) in [4.78, 5) is 11.1. The average molecular weight is 369 g/mol. The van der Waals surface area contributed by atoms with E-state index in [1.54, 1.807) is 0 Å². The predicted molar refractivity (Wildman–Crippen MR) is 101 cm³/mol. The fourth-order valence-electron chi connectivity index (χ4n) is 4.33. The monoisotopic (exact) mass is 368 g/mol. The van der Waals surface area contributed by atoms with Gasteiger partial charge in [-0.05, 0) is 31.6 Å². The Morgan fingerprint density at radius 1 is 1.27 bits per heavy atom. The van der Waals surface area contributed by atoms with Crippen LogP contribution in [0.3, 0.4) is 0 Å². The fourth-order valence-corrected chi connectivity index (χ4v) is 4.33. The zero-order valence-corrected chi connectivity index (χ0v) is 16.3. The lowest BCUT2D eigenvalue weighted by molar-refractivity contribution is -0.140. The van der Waals surface area contributed by atoms with Gasteiger partial charge in [-0.3, -0.25) is 4.79 Å². The minimum absolute atomic E-state index is 0.0842. The number of carbonyl (C=O) groups excluding carboxylic acids is 1. The second kappa shape index (κ2) is 11.1. The zero-order chi connectivity index (χ0) is 18.9. The van der Waals surface area contributed by atoms with E-state index in [2.05, 4.69) is 11.7 Å². The fraction of sp³-hybridized carbons (Fsp3) is 0.857. The molecule has 6 atom stereocenters. The van der Waals surface area contributed by atoms with E-state index in [1.165, 1.54) is 7.11 Å². The van der Waals surface area contributed by atoms with Crippen molar-refractivity contribution in [2.24, 2.45) is 11.8 Å². The van der Waals surface area contributed by atoms with Gasteiger partial charge in [0.1, 0.15) is 0 Å². The Morgan fingerprint density at radius 3 is 2.81 bits per heavy atom. The molecule has 2 aliphatic rings. The minimum atomic E-state index is -0.413. The first kappa shape index (κ1) is 21.4. The standard InChI is InChI=1S/C21H36O5/c1-3-4-5-8-15(22)11-12-17-18-13-16(26-20(18)14-19(17)23)9-6-7-10-21(24)25-2/h11-12,15-20,22-23H,3-10,13-14H2,1-2H3/b12-11+/t15-,16?,17+,18+,19+,20-/m0/s1. The Morgan fingerprint density at radius 2 is 2.08 bits per heavy atom. The van der Waals surface area contributed by atoms with Crippen molar-refractivity contribution < 1.29 is 24.5 Å². The number of unbranched alkanes of at least 4 members (excludes halogenated alkanes) is 3. The van der Waals surface area contributed by atoms with E-state index in [4.69, 9.17) is 4.74 Å². The van der Waals surface area contributed by atoms with Crippen LogP contribution in [0.15, 0.2) is 12.2 Å². The van der Waals surface area contributed by atoms with E-state index in [0.29, 0.717) is 18.8 Å². The SMILES string of the molecule is CCCCC[C@H](O)/C=C/[C@@H]1[C@H]2CC(CCCCC(=O)OC)O[C@H]2C[C@H]1O. The molecule has 1 unspecified atom stereocenters. The normalized spacial score (nSPS) is 32.1. The molecule has 0 amide bonds. The van der Waals surface area contributed by atoms with E-state index < -0.39 is 6.10 Å². The third kappa shape index (κ3) is 6.36. The van der Waals surface area contributed by atoms with Gasteiger partial charge >= 0.3 is 5.97 Å². The highest BCUT2D eigenvalue weighted by atomic mass is 16.5. The number of rotatable bonds is 11. The number of esters is 1. The first-order chi connectivity index (χ1) is 12.5. The average Bonchev–Trinajstić information content (AvgIpc) is 3.13. The molecule has 150 valence electrons. The summed E-state index contributed by atoms with van der Waals surface area (Å²) in [7, 11) is 1.42. The van der Waals surface area contributed by atoms with Crippen molar-refractivity contribution in [1.82, 2.24) is 0 Å². The van der Waals surface area contributed by atoms with Gasteiger partial charge in [0, 0.05) is 18.8 Å². The molecule has 2 fully saturated rings. The first-order valence-electron chi connectivity index (χ1n) is 10.3. The number of hydrogen-bond acceptors (Lipinski definition) is 5. The van der Waals surface area contributed by atoms with Gasteiger partial charge in [0.15, 0.2) is 0 Å². The molecule has 5 nitrogen and oxygen atoms in total. The van der Waals surface area contributed by atoms with Crippen molar-refractivity contribution in [3.8, 4) is 0 Å². The molecule has 0 bridgehead atoms. The second-order valence-electron chi connectivity index (χ2n) is 7.85. The summed E-state index contributed by atoms with van der Waals surface area (Å²) in [5, 5.41) is 20.4. The summed E-state index contributed by atoms with van der Waals surface area (Å²) in [5.74, 6) is 0.274. The Kier molecular flexibility index (Phi) is 9.09. The third-order valence-electron chi connectivity index (χ3n) is 5.84. The van der Waals surface area contributed by atoms with Crippen molar-refractivity contribution in [2.75, 3.05) is 7.11 Å². The summed E-state index contributed by atoms with van der Waals surface area (Å²) in [5.41, 5.74) is 0. The van der Waals surface area contributed by atoms with E-state index in [0.717, 1.165) is 51.4 Å². The van der Waals surface area contributed by atoms with Crippen molar-refractivity contribution in [3.63, 3.8) is 0 Å². The van der Waals surface area contributed by atoms with Crippen molar-refractivity contribution in [1.29, 1.82) is 0 Å². The number of hydrogen-bond donors (Lipinski definition) is 2. The number of methoxy groups -OCH3 is 1. The Hall–Kier alpha value is -0.910. The lowest BCUT2D eigenvalue weighted by Crippen LogP contribution is -2.19. The quantitative estimate of drug-likeness (QED) is 0.332. The van der Waals surface area contributed by atoms with Gasteiger partial charge in [-0.25, -0.2) is 0 Å². The van der Waals surface area contributed by atoms with Crippen molar-refractivity contribution >= 4 is 5.97 Å². The molecule has 0 radical (unpaired) electrons. The van der Waals surface area contributed by atoms with Crippen LogP contribution >= 0.6 is 0 Å². The van der Waals surface area contributed by atoms with E-state index >= 15 is 0 Å². The number of aliphatic hydroxyl groups is 2. The van der Waals surface area contributed by atoms with E-state index in [9.17, 15) is 15.0 Å². The van der Waals surface area contributed by atoms with E-state index in [1.807, 2.05) is 12.2 Å². The topological polar surface area (TPSA) is 76.0 Å². The summed E-state index contributed by atoms with van der Waals surface area (Å²) in [6.45, 7) is 2.16. The van der Waals surface area contributed by atoms with Gasteiger partial charge in [0.2, 0.25) is 0 Å². The maximum absolute atomic E-state index is 11.1. The van der Waals surface area contributed by atoms with Gasteiger partial charge in [-0.1, -0.05) is 44.8 Å². The molecule has 2 rings (SSSR count). The molecule has 1 aliphatic carbocycles. The van der Waals surface area contributed by atoms with Crippen LogP contribution in [0.1, 0.15) is 71.1 Å². The third-order valence-corrected chi connectivity index (χ3v) is 5.84. The molecule has 0 aromatic heterocycles. The predicted octanol–water partition coefficient (Wildman–Crippen LogP) is 3.37. The molecule has 1 aliphatic heterocycles. The summed E-state index contributed by atoms with van der Waals surface area (Å²) in [6, 6.07) is 0. The van der Waals surface area contributed by atoms with Crippen LogP contribution in [0.4, 0.5) is 0 Å². The molecule has 1 saturated heterocycles. The smallest absolute Gasteiger partial charge is 0.305 e. The molecule has 5 heteroatoms. The maximum Gasteiger partial charge on any atom is 0.305 e. The van der Waals surface area contributed by atoms with Crippen LogP contribution < -0.4 is 0 Å². The van der Waals surface area contributed by atoms with Crippen LogP contribution in [0.2, 0.25) is 0 Å². The Balaban J connectivity index is 1.74. The van der Waals surface area contributed by atoms with Gasteiger partial charge in [-0.15, -0.1) is 0 Å². The van der Waals surface area contributed by atoms with Crippen molar-refractivity contribution in [2.45, 2.75) is 95.5 Å². The number of ether oxygens (including phenoxy) is 2. The number of fused-ring (bicyclic) bond motifs is 1. The molecular formula is C21H36O5.